The maximum atomic E-state index is 12.7. The van der Waals surface area contributed by atoms with Crippen LogP contribution in [0.2, 0.25) is 0 Å². The molecule has 0 radical (unpaired) electrons. The van der Waals surface area contributed by atoms with Crippen LogP contribution in [0.3, 0.4) is 0 Å². The monoisotopic (exact) mass is 331 g/mol. The number of nitrogens with one attached hydrogen (secondary N) is 1. The average Bonchev–Trinajstić information content (AvgIpc) is 3.12. The van der Waals surface area contributed by atoms with Crippen LogP contribution in [0.5, 0.6) is 0 Å². The van der Waals surface area contributed by atoms with Crippen molar-refractivity contribution in [1.82, 2.24) is 15.1 Å². The van der Waals surface area contributed by atoms with Crippen molar-refractivity contribution in [3.8, 4) is 0 Å². The summed E-state index contributed by atoms with van der Waals surface area (Å²) < 4.78 is 0. The van der Waals surface area contributed by atoms with Crippen LogP contribution < -0.4 is 5.32 Å². The summed E-state index contributed by atoms with van der Waals surface area (Å²) in [5, 5.41) is 12.2. The Balaban J connectivity index is 1.74. The average molecular weight is 331 g/mol. The molecule has 1 unspecified atom stereocenters. The SMILES string of the molecule is O=C1CN(CC(=O)N2CCCC2(CO)Cc2ccccc2)C(=O)N1. The summed E-state index contributed by atoms with van der Waals surface area (Å²) in [5.74, 6) is -0.630. The van der Waals surface area contributed by atoms with Gasteiger partial charge in [0.1, 0.15) is 13.1 Å². The molecule has 7 heteroatoms. The number of aliphatic hydroxyl groups is 1. The van der Waals surface area contributed by atoms with E-state index >= 15 is 0 Å². The highest BCUT2D eigenvalue weighted by Gasteiger charge is 2.44. The maximum absolute atomic E-state index is 12.7. The zero-order valence-electron chi connectivity index (χ0n) is 13.4. The van der Waals surface area contributed by atoms with E-state index in [2.05, 4.69) is 5.32 Å². The third kappa shape index (κ3) is 3.12. The molecule has 1 aromatic carbocycles. The molecule has 2 aliphatic heterocycles. The zero-order valence-corrected chi connectivity index (χ0v) is 13.4. The Morgan fingerprint density at radius 3 is 2.62 bits per heavy atom. The first kappa shape index (κ1) is 16.4. The number of amides is 4. The zero-order chi connectivity index (χ0) is 17.2. The Labute approximate surface area is 140 Å². The first-order valence-electron chi connectivity index (χ1n) is 8.08. The minimum atomic E-state index is -0.640. The van der Waals surface area contributed by atoms with Crippen LogP contribution in [-0.4, -0.2) is 64.5 Å². The molecule has 0 aromatic heterocycles. The minimum Gasteiger partial charge on any atom is -0.394 e. The number of rotatable bonds is 5. The van der Waals surface area contributed by atoms with Gasteiger partial charge in [-0.05, 0) is 24.8 Å². The van der Waals surface area contributed by atoms with Crippen molar-refractivity contribution in [2.24, 2.45) is 0 Å². The van der Waals surface area contributed by atoms with Crippen molar-refractivity contribution in [2.45, 2.75) is 24.8 Å². The highest BCUT2D eigenvalue weighted by atomic mass is 16.3. The van der Waals surface area contributed by atoms with Crippen molar-refractivity contribution >= 4 is 17.8 Å². The molecule has 0 spiro atoms. The van der Waals surface area contributed by atoms with Gasteiger partial charge in [-0.3, -0.25) is 14.9 Å². The summed E-state index contributed by atoms with van der Waals surface area (Å²) >= 11 is 0. The van der Waals surface area contributed by atoms with Crippen LogP contribution in [0, 0.1) is 0 Å². The van der Waals surface area contributed by atoms with Gasteiger partial charge in [0.05, 0.1) is 12.1 Å². The van der Waals surface area contributed by atoms with Crippen LogP contribution in [0.4, 0.5) is 4.79 Å². The molecule has 4 amide bonds. The summed E-state index contributed by atoms with van der Waals surface area (Å²) in [6.45, 7) is 0.186. The van der Waals surface area contributed by atoms with E-state index in [0.29, 0.717) is 13.0 Å². The number of hydrogen-bond donors (Lipinski definition) is 2. The summed E-state index contributed by atoms with van der Waals surface area (Å²) in [5.41, 5.74) is 0.416. The number of imide groups is 1. The van der Waals surface area contributed by atoms with E-state index in [1.165, 1.54) is 4.90 Å². The predicted molar refractivity (Wildman–Crippen MR) is 86.0 cm³/mol. The molecule has 3 rings (SSSR count). The van der Waals surface area contributed by atoms with E-state index in [0.717, 1.165) is 18.4 Å². The molecule has 7 nitrogen and oxygen atoms in total. The lowest BCUT2D eigenvalue weighted by atomic mass is 9.88. The fourth-order valence-corrected chi connectivity index (χ4v) is 3.57. The Hall–Kier alpha value is -2.41. The Bertz CT molecular complexity index is 648. The van der Waals surface area contributed by atoms with Gasteiger partial charge in [0.15, 0.2) is 0 Å². The standard InChI is InChI=1S/C17H21N3O4/c21-12-17(9-13-5-2-1-3-6-13)7-4-8-20(17)15(23)11-19-10-14(22)18-16(19)24/h1-3,5-6,21H,4,7-12H2,(H,18,22,24). The lowest BCUT2D eigenvalue weighted by molar-refractivity contribution is -0.137. The van der Waals surface area contributed by atoms with Crippen molar-refractivity contribution < 1.29 is 19.5 Å². The third-order valence-electron chi connectivity index (χ3n) is 4.76. The lowest BCUT2D eigenvalue weighted by Crippen LogP contribution is -2.54. The second-order valence-corrected chi connectivity index (χ2v) is 6.40. The van der Waals surface area contributed by atoms with E-state index in [9.17, 15) is 19.5 Å². The lowest BCUT2D eigenvalue weighted by Gasteiger charge is -2.38. The van der Waals surface area contributed by atoms with Gasteiger partial charge >= 0.3 is 6.03 Å². The van der Waals surface area contributed by atoms with Gasteiger partial charge in [0, 0.05) is 6.54 Å². The van der Waals surface area contributed by atoms with Crippen molar-refractivity contribution in [2.75, 3.05) is 26.2 Å². The number of urea groups is 1. The summed E-state index contributed by atoms with van der Waals surface area (Å²) in [6, 6.07) is 9.21. The topological polar surface area (TPSA) is 90.0 Å². The molecule has 0 bridgehead atoms. The molecular weight excluding hydrogens is 310 g/mol. The molecule has 2 saturated heterocycles. The molecule has 24 heavy (non-hydrogen) atoms. The summed E-state index contributed by atoms with van der Waals surface area (Å²) in [4.78, 5) is 38.5. The van der Waals surface area contributed by atoms with Crippen LogP contribution in [0.15, 0.2) is 30.3 Å². The van der Waals surface area contributed by atoms with Gasteiger partial charge in [0.25, 0.3) is 0 Å². The second-order valence-electron chi connectivity index (χ2n) is 6.40. The van der Waals surface area contributed by atoms with Crippen LogP contribution in [0.1, 0.15) is 18.4 Å². The van der Waals surface area contributed by atoms with Gasteiger partial charge in [-0.2, -0.15) is 0 Å². The summed E-state index contributed by atoms with van der Waals surface area (Å²) in [7, 11) is 0. The fraction of sp³-hybridized carbons (Fsp3) is 0.471. The minimum absolute atomic E-state index is 0.0940. The van der Waals surface area contributed by atoms with Crippen LogP contribution in [-0.2, 0) is 16.0 Å². The largest absolute Gasteiger partial charge is 0.394 e. The maximum Gasteiger partial charge on any atom is 0.325 e. The molecule has 2 fully saturated rings. The third-order valence-corrected chi connectivity index (χ3v) is 4.76. The van der Waals surface area contributed by atoms with Gasteiger partial charge in [-0.1, -0.05) is 30.3 Å². The number of benzene rings is 1. The number of aliphatic hydroxyl groups excluding tert-OH is 1. The van der Waals surface area contributed by atoms with Crippen molar-refractivity contribution in [3.63, 3.8) is 0 Å². The number of hydrogen-bond acceptors (Lipinski definition) is 4. The fourth-order valence-electron chi connectivity index (χ4n) is 3.57. The number of likely N-dealkylation sites (tertiary alicyclic amines) is 1. The molecule has 2 aliphatic rings. The predicted octanol–water partition coefficient (Wildman–Crippen LogP) is 0.134. The first-order chi connectivity index (χ1) is 11.5. The number of carbonyl (C=O) groups excluding carboxylic acids is 3. The van der Waals surface area contributed by atoms with Crippen LogP contribution >= 0.6 is 0 Å². The Morgan fingerprint density at radius 2 is 2.00 bits per heavy atom. The van der Waals surface area contributed by atoms with E-state index in [1.807, 2.05) is 30.3 Å². The molecule has 2 heterocycles. The second kappa shape index (κ2) is 6.60. The van der Waals surface area contributed by atoms with Gasteiger partial charge in [-0.15, -0.1) is 0 Å². The molecule has 0 aliphatic carbocycles. The molecule has 1 atom stereocenters. The molecule has 2 N–H and O–H groups in total. The van der Waals surface area contributed by atoms with Crippen LogP contribution in [0.25, 0.3) is 0 Å². The Morgan fingerprint density at radius 1 is 1.25 bits per heavy atom. The number of carbonyl (C=O) groups is 3. The van der Waals surface area contributed by atoms with Gasteiger partial charge in [0.2, 0.25) is 11.8 Å². The van der Waals surface area contributed by atoms with E-state index in [4.69, 9.17) is 0 Å². The van der Waals surface area contributed by atoms with Crippen molar-refractivity contribution in [1.29, 1.82) is 0 Å². The molecular formula is C17H21N3O4. The Kier molecular flexibility index (Phi) is 4.53. The smallest absolute Gasteiger partial charge is 0.325 e. The molecule has 0 saturated carbocycles. The number of nitrogens with zero attached hydrogens (tertiary/aromatic N) is 2. The highest BCUT2D eigenvalue weighted by Crippen LogP contribution is 2.32. The molecule has 128 valence electrons. The van der Waals surface area contributed by atoms with E-state index < -0.39 is 17.5 Å². The quantitative estimate of drug-likeness (QED) is 0.751. The van der Waals surface area contributed by atoms with Crippen molar-refractivity contribution in [3.05, 3.63) is 35.9 Å². The summed E-state index contributed by atoms with van der Waals surface area (Å²) in [6.07, 6.45) is 2.10. The normalized spacial score (nSPS) is 23.7. The van der Waals surface area contributed by atoms with E-state index in [1.54, 1.807) is 4.90 Å². The first-order valence-corrected chi connectivity index (χ1v) is 8.08. The highest BCUT2D eigenvalue weighted by molar-refractivity contribution is 6.03. The molecule has 1 aromatic rings. The van der Waals surface area contributed by atoms with Gasteiger partial charge in [-0.25, -0.2) is 4.79 Å². The van der Waals surface area contributed by atoms with Gasteiger partial charge < -0.3 is 14.9 Å². The van der Waals surface area contributed by atoms with E-state index in [-0.39, 0.29) is 25.6 Å².